The number of halogens is 2. The summed E-state index contributed by atoms with van der Waals surface area (Å²) in [6.45, 7) is 3.50. The van der Waals surface area contributed by atoms with Gasteiger partial charge in [0.15, 0.2) is 10.9 Å². The number of nitrogens with one attached hydrogen (secondary N) is 1. The summed E-state index contributed by atoms with van der Waals surface area (Å²) in [6, 6.07) is 2.03. The first-order valence-electron chi connectivity index (χ1n) is 7.86. The molecule has 0 aliphatic carbocycles. The van der Waals surface area contributed by atoms with Crippen molar-refractivity contribution in [2.75, 3.05) is 45.6 Å². The van der Waals surface area contributed by atoms with Crippen LogP contribution in [0.4, 0.5) is 13.9 Å². The van der Waals surface area contributed by atoms with E-state index in [4.69, 9.17) is 0 Å². The van der Waals surface area contributed by atoms with Crippen molar-refractivity contribution in [3.8, 4) is 0 Å². The number of likely N-dealkylation sites (N-methyl/N-ethyl adjacent to an activating group) is 1. The van der Waals surface area contributed by atoms with Gasteiger partial charge in [-0.25, -0.2) is 13.8 Å². The number of anilines is 1. The van der Waals surface area contributed by atoms with E-state index in [9.17, 15) is 13.6 Å². The highest BCUT2D eigenvalue weighted by Gasteiger charge is 2.28. The van der Waals surface area contributed by atoms with Gasteiger partial charge in [-0.15, -0.1) is 0 Å². The van der Waals surface area contributed by atoms with Crippen molar-refractivity contribution in [1.29, 1.82) is 0 Å². The SMILES string of the molecule is CN(C)CCN1CCC(C(=O)Nc2nc3c(F)cc(F)cc3s2)C1. The molecule has 1 unspecified atom stereocenters. The van der Waals surface area contributed by atoms with Gasteiger partial charge in [0.05, 0.1) is 10.6 Å². The molecule has 2 aromatic rings. The Morgan fingerprint density at radius 3 is 3.00 bits per heavy atom. The van der Waals surface area contributed by atoms with Gasteiger partial charge in [-0.1, -0.05) is 11.3 Å². The molecule has 1 saturated heterocycles. The van der Waals surface area contributed by atoms with Crippen molar-refractivity contribution in [3.63, 3.8) is 0 Å². The quantitative estimate of drug-likeness (QED) is 0.896. The van der Waals surface area contributed by atoms with E-state index in [1.165, 1.54) is 6.07 Å². The second-order valence-corrected chi connectivity index (χ2v) is 7.36. The minimum atomic E-state index is -0.711. The highest BCUT2D eigenvalue weighted by atomic mass is 32.1. The maximum absolute atomic E-state index is 13.7. The van der Waals surface area contributed by atoms with Gasteiger partial charge in [-0.3, -0.25) is 4.79 Å². The lowest BCUT2D eigenvalue weighted by Crippen LogP contribution is -2.32. The van der Waals surface area contributed by atoms with E-state index in [0.29, 0.717) is 16.4 Å². The molecule has 1 fully saturated rings. The summed E-state index contributed by atoms with van der Waals surface area (Å²) < 4.78 is 27.3. The first-order valence-corrected chi connectivity index (χ1v) is 8.67. The van der Waals surface area contributed by atoms with Gasteiger partial charge >= 0.3 is 0 Å². The van der Waals surface area contributed by atoms with Crippen molar-refractivity contribution in [2.45, 2.75) is 6.42 Å². The smallest absolute Gasteiger partial charge is 0.230 e. The molecule has 1 N–H and O–H groups in total. The molecule has 0 spiro atoms. The maximum Gasteiger partial charge on any atom is 0.230 e. The number of carbonyl (C=O) groups is 1. The number of aromatic nitrogens is 1. The number of hydrogen-bond acceptors (Lipinski definition) is 5. The third kappa shape index (κ3) is 3.88. The summed E-state index contributed by atoms with van der Waals surface area (Å²) in [5.41, 5.74) is 0.0933. The van der Waals surface area contributed by atoms with Crippen molar-refractivity contribution < 1.29 is 13.6 Å². The summed E-state index contributed by atoms with van der Waals surface area (Å²) in [5, 5.41) is 3.06. The van der Waals surface area contributed by atoms with E-state index < -0.39 is 11.6 Å². The van der Waals surface area contributed by atoms with Crippen LogP contribution in [-0.2, 0) is 4.79 Å². The van der Waals surface area contributed by atoms with Crippen LogP contribution in [0.5, 0.6) is 0 Å². The van der Waals surface area contributed by atoms with Gasteiger partial charge in [0, 0.05) is 25.7 Å². The number of thiazole rings is 1. The van der Waals surface area contributed by atoms with Crippen LogP contribution in [0.1, 0.15) is 6.42 Å². The Morgan fingerprint density at radius 2 is 2.25 bits per heavy atom. The maximum atomic E-state index is 13.7. The van der Waals surface area contributed by atoms with Crippen LogP contribution in [0, 0.1) is 17.6 Å². The summed E-state index contributed by atoms with van der Waals surface area (Å²) >= 11 is 1.08. The third-order valence-electron chi connectivity index (χ3n) is 4.15. The third-order valence-corrected chi connectivity index (χ3v) is 5.07. The number of likely N-dealkylation sites (tertiary alicyclic amines) is 1. The topological polar surface area (TPSA) is 48.5 Å². The second kappa shape index (κ2) is 7.08. The monoisotopic (exact) mass is 354 g/mol. The van der Waals surface area contributed by atoms with Gasteiger partial charge in [0.1, 0.15) is 11.3 Å². The molecule has 1 aliphatic rings. The molecule has 0 bridgehead atoms. The number of nitrogens with zero attached hydrogens (tertiary/aromatic N) is 3. The predicted octanol–water partition coefficient (Wildman–Crippen LogP) is 2.40. The highest BCUT2D eigenvalue weighted by molar-refractivity contribution is 7.22. The molecule has 1 aliphatic heterocycles. The Hall–Kier alpha value is -1.64. The van der Waals surface area contributed by atoms with Crippen LogP contribution in [0.2, 0.25) is 0 Å². The fourth-order valence-corrected chi connectivity index (χ4v) is 3.72. The number of hydrogen-bond donors (Lipinski definition) is 1. The van der Waals surface area contributed by atoms with Gasteiger partial charge in [0.2, 0.25) is 5.91 Å². The van der Waals surface area contributed by atoms with Gasteiger partial charge in [-0.05, 0) is 33.1 Å². The van der Waals surface area contributed by atoms with E-state index in [0.717, 1.165) is 43.5 Å². The van der Waals surface area contributed by atoms with E-state index >= 15 is 0 Å². The standard InChI is InChI=1S/C16H20F2N4OS/c1-21(2)5-6-22-4-3-10(9-22)15(23)20-16-19-14-12(18)7-11(17)8-13(14)24-16/h7-8,10H,3-6,9H2,1-2H3,(H,19,20,23). The molecule has 0 radical (unpaired) electrons. The summed E-state index contributed by atoms with van der Waals surface area (Å²) in [5.74, 6) is -1.56. The van der Waals surface area contributed by atoms with E-state index in [1.807, 2.05) is 14.1 Å². The first kappa shape index (κ1) is 17.2. The molecule has 1 aromatic carbocycles. The first-order chi connectivity index (χ1) is 11.4. The van der Waals surface area contributed by atoms with Gasteiger partial charge < -0.3 is 15.1 Å². The normalized spacial score (nSPS) is 18.6. The molecular weight excluding hydrogens is 334 g/mol. The Kier molecular flexibility index (Phi) is 5.07. The number of amides is 1. The molecule has 2 heterocycles. The van der Waals surface area contributed by atoms with Crippen LogP contribution in [0.3, 0.4) is 0 Å². The van der Waals surface area contributed by atoms with E-state index in [1.54, 1.807) is 0 Å². The van der Waals surface area contributed by atoms with Gasteiger partial charge in [0.25, 0.3) is 0 Å². The zero-order chi connectivity index (χ0) is 17.3. The second-order valence-electron chi connectivity index (χ2n) is 6.33. The lowest BCUT2D eigenvalue weighted by molar-refractivity contribution is -0.119. The van der Waals surface area contributed by atoms with Crippen molar-refractivity contribution in [1.82, 2.24) is 14.8 Å². The summed E-state index contributed by atoms with van der Waals surface area (Å²) in [4.78, 5) is 20.8. The van der Waals surface area contributed by atoms with Crippen molar-refractivity contribution >= 4 is 32.6 Å². The number of fused-ring (bicyclic) bond motifs is 1. The molecule has 0 saturated carbocycles. The number of benzene rings is 1. The van der Waals surface area contributed by atoms with Crippen molar-refractivity contribution in [2.24, 2.45) is 5.92 Å². The van der Waals surface area contributed by atoms with Gasteiger partial charge in [-0.2, -0.15) is 0 Å². The van der Waals surface area contributed by atoms with Crippen LogP contribution < -0.4 is 5.32 Å². The fourth-order valence-electron chi connectivity index (χ4n) is 2.81. The fraction of sp³-hybridized carbons (Fsp3) is 0.500. The van der Waals surface area contributed by atoms with Crippen molar-refractivity contribution in [3.05, 3.63) is 23.8 Å². The zero-order valence-electron chi connectivity index (χ0n) is 13.7. The summed E-state index contributed by atoms with van der Waals surface area (Å²) in [7, 11) is 4.05. The molecule has 1 aromatic heterocycles. The average molecular weight is 354 g/mol. The number of carbonyl (C=O) groups excluding carboxylic acids is 1. The predicted molar refractivity (Wildman–Crippen MR) is 91.3 cm³/mol. The molecule has 1 atom stereocenters. The Bertz CT molecular complexity index is 749. The molecule has 8 heteroatoms. The molecule has 5 nitrogen and oxygen atoms in total. The molecule has 3 rings (SSSR count). The highest BCUT2D eigenvalue weighted by Crippen LogP contribution is 2.29. The van der Waals surface area contributed by atoms with Crippen LogP contribution in [-0.4, -0.2) is 61.0 Å². The molecule has 1 amide bonds. The van der Waals surface area contributed by atoms with Crippen LogP contribution in [0.25, 0.3) is 10.2 Å². The minimum absolute atomic E-state index is 0.0933. The van der Waals surface area contributed by atoms with Crippen LogP contribution >= 0.6 is 11.3 Å². The average Bonchev–Trinajstić information content (AvgIpc) is 3.11. The zero-order valence-corrected chi connectivity index (χ0v) is 14.5. The molecule has 24 heavy (non-hydrogen) atoms. The lowest BCUT2D eigenvalue weighted by Gasteiger charge is -2.18. The summed E-state index contributed by atoms with van der Waals surface area (Å²) in [6.07, 6.45) is 0.799. The Morgan fingerprint density at radius 1 is 1.46 bits per heavy atom. The van der Waals surface area contributed by atoms with Crippen LogP contribution in [0.15, 0.2) is 12.1 Å². The Labute approximate surface area is 143 Å². The Balaban J connectivity index is 1.62. The lowest BCUT2D eigenvalue weighted by atomic mass is 10.1. The van der Waals surface area contributed by atoms with E-state index in [2.05, 4.69) is 20.1 Å². The molecule has 130 valence electrons. The molecular formula is C16H20F2N4OS. The van der Waals surface area contributed by atoms with E-state index in [-0.39, 0.29) is 17.3 Å². The largest absolute Gasteiger partial charge is 0.308 e. The minimum Gasteiger partial charge on any atom is -0.308 e. The number of rotatable bonds is 5.